The van der Waals surface area contributed by atoms with Crippen molar-refractivity contribution in [2.75, 3.05) is 25.5 Å². The number of hydrogen-bond donors (Lipinski definition) is 4. The van der Waals surface area contributed by atoms with Crippen molar-refractivity contribution in [1.29, 1.82) is 0 Å². The molecule has 0 saturated carbocycles. The van der Waals surface area contributed by atoms with E-state index < -0.39 is 35.2 Å². The number of carbonyl (C=O) groups is 1. The molecule has 0 aliphatic carbocycles. The minimum atomic E-state index is -1.66. The monoisotopic (exact) mass is 564 g/mol. The lowest BCUT2D eigenvalue weighted by molar-refractivity contribution is -0.115. The number of guanidine groups is 1. The average molecular weight is 564 g/mol. The van der Waals surface area contributed by atoms with Crippen LogP contribution in [0.1, 0.15) is 11.0 Å². The van der Waals surface area contributed by atoms with E-state index in [4.69, 9.17) is 0 Å². The Hall–Kier alpha value is -2.38. The summed E-state index contributed by atoms with van der Waals surface area (Å²) in [5, 5.41) is 19.2. The summed E-state index contributed by atoms with van der Waals surface area (Å²) in [7, 11) is 1.48. The van der Waals surface area contributed by atoms with E-state index in [1.165, 1.54) is 18.4 Å². The lowest BCUT2D eigenvalue weighted by Crippen LogP contribution is -2.42. The summed E-state index contributed by atoms with van der Waals surface area (Å²) in [6.07, 6.45) is -0.786. The van der Waals surface area contributed by atoms with E-state index in [1.807, 2.05) is 30.3 Å². The highest BCUT2D eigenvalue weighted by Crippen LogP contribution is 2.29. The highest BCUT2D eigenvalue weighted by molar-refractivity contribution is 14.0. The molecule has 166 valence electrons. The Kier molecular flexibility index (Phi) is 9.07. The van der Waals surface area contributed by atoms with E-state index in [-0.39, 0.29) is 43.0 Å². The van der Waals surface area contributed by atoms with Crippen LogP contribution in [0.3, 0.4) is 0 Å². The molecule has 1 aromatic heterocycles. The molecule has 3 rings (SSSR count). The zero-order valence-corrected chi connectivity index (χ0v) is 19.4. The minimum absolute atomic E-state index is 0. The number of halogens is 4. The van der Waals surface area contributed by atoms with E-state index in [0.717, 1.165) is 27.1 Å². The third-order valence-corrected chi connectivity index (χ3v) is 5.40. The Morgan fingerprint density at radius 3 is 2.58 bits per heavy atom. The smallest absolute Gasteiger partial charge is 0.243 e. The third kappa shape index (κ3) is 6.31. The number of carbonyl (C=O) groups excluding carboxylic acids is 1. The topological polar surface area (TPSA) is 85.8 Å². The van der Waals surface area contributed by atoms with E-state index in [2.05, 4.69) is 20.9 Å². The molecule has 0 aliphatic heterocycles. The maximum absolute atomic E-state index is 13.6. The van der Waals surface area contributed by atoms with Crippen LogP contribution >= 0.6 is 35.3 Å². The number of hydrogen-bond acceptors (Lipinski definition) is 4. The zero-order chi connectivity index (χ0) is 21.7. The van der Waals surface area contributed by atoms with E-state index in [1.54, 1.807) is 0 Å². The molecular weight excluding hydrogens is 544 g/mol. The van der Waals surface area contributed by atoms with Gasteiger partial charge in [-0.1, -0.05) is 18.2 Å². The second kappa shape index (κ2) is 11.3. The molecule has 0 fully saturated rings. The number of nitrogens with one attached hydrogen (secondary N) is 3. The Morgan fingerprint density at radius 2 is 1.87 bits per heavy atom. The Morgan fingerprint density at radius 1 is 1.13 bits per heavy atom. The third-order valence-electron chi connectivity index (χ3n) is 4.19. The highest BCUT2D eigenvalue weighted by atomic mass is 127. The summed E-state index contributed by atoms with van der Waals surface area (Å²) in [5.74, 6) is -4.93. The number of amides is 1. The molecule has 1 atom stereocenters. The van der Waals surface area contributed by atoms with Crippen LogP contribution in [0.25, 0.3) is 10.1 Å². The molecule has 0 aliphatic rings. The molecule has 31 heavy (non-hydrogen) atoms. The number of aliphatic hydroxyl groups excluding tert-OH is 1. The van der Waals surface area contributed by atoms with Crippen LogP contribution in [0.4, 0.5) is 18.9 Å². The molecule has 0 radical (unpaired) electrons. The molecular formula is C20H20F3IN4O2S. The predicted octanol–water partition coefficient (Wildman–Crippen LogP) is 3.77. The molecule has 2 aromatic carbocycles. The summed E-state index contributed by atoms with van der Waals surface area (Å²) in [5.41, 5.74) is -0.469. The first kappa shape index (κ1) is 24.9. The van der Waals surface area contributed by atoms with Gasteiger partial charge in [-0.15, -0.1) is 35.3 Å². The van der Waals surface area contributed by atoms with Gasteiger partial charge >= 0.3 is 0 Å². The van der Waals surface area contributed by atoms with Crippen LogP contribution in [0.5, 0.6) is 0 Å². The molecule has 6 nitrogen and oxygen atoms in total. The van der Waals surface area contributed by atoms with Crippen LogP contribution in [0.15, 0.2) is 47.5 Å². The number of nitrogens with zero attached hydrogens (tertiary/aromatic N) is 1. The molecule has 4 N–H and O–H groups in total. The number of anilines is 1. The highest BCUT2D eigenvalue weighted by Gasteiger charge is 2.16. The fraction of sp³-hybridized carbons (Fsp3) is 0.200. The molecule has 11 heteroatoms. The van der Waals surface area contributed by atoms with Crippen LogP contribution in [0.2, 0.25) is 0 Å². The maximum atomic E-state index is 13.6. The fourth-order valence-electron chi connectivity index (χ4n) is 2.66. The van der Waals surface area contributed by atoms with Crippen LogP contribution in [0, 0.1) is 17.5 Å². The van der Waals surface area contributed by atoms with Gasteiger partial charge in [0.1, 0.15) is 6.10 Å². The van der Waals surface area contributed by atoms with Crippen molar-refractivity contribution in [3.05, 3.63) is 64.8 Å². The number of benzene rings is 2. The minimum Gasteiger partial charge on any atom is -0.386 e. The summed E-state index contributed by atoms with van der Waals surface area (Å²) in [4.78, 5) is 16.7. The Bertz CT molecular complexity index is 1060. The van der Waals surface area contributed by atoms with Crippen LogP contribution in [-0.4, -0.2) is 37.1 Å². The van der Waals surface area contributed by atoms with Gasteiger partial charge in [0.2, 0.25) is 5.91 Å². The zero-order valence-electron chi connectivity index (χ0n) is 16.3. The van der Waals surface area contributed by atoms with Crippen molar-refractivity contribution in [3.8, 4) is 0 Å². The first-order valence-electron chi connectivity index (χ1n) is 8.93. The number of aliphatic hydroxyl groups is 1. The van der Waals surface area contributed by atoms with Crippen molar-refractivity contribution in [2.24, 2.45) is 4.99 Å². The van der Waals surface area contributed by atoms with Crippen molar-refractivity contribution in [1.82, 2.24) is 10.6 Å². The fourth-order valence-corrected chi connectivity index (χ4v) is 3.71. The SMILES string of the molecule is CN=C(NCC(=O)Nc1ccc(F)c(F)c1F)NCC(O)c1cc2ccccc2s1.I. The van der Waals surface area contributed by atoms with Gasteiger partial charge in [-0.3, -0.25) is 9.79 Å². The van der Waals surface area contributed by atoms with Gasteiger partial charge in [-0.05, 0) is 29.7 Å². The molecule has 0 bridgehead atoms. The maximum Gasteiger partial charge on any atom is 0.243 e. The lowest BCUT2D eigenvalue weighted by Gasteiger charge is -2.14. The van der Waals surface area contributed by atoms with Crippen LogP contribution < -0.4 is 16.0 Å². The van der Waals surface area contributed by atoms with E-state index >= 15 is 0 Å². The Balaban J connectivity index is 0.00000341. The van der Waals surface area contributed by atoms with Crippen molar-refractivity contribution in [3.63, 3.8) is 0 Å². The summed E-state index contributed by atoms with van der Waals surface area (Å²) < 4.78 is 40.9. The van der Waals surface area contributed by atoms with E-state index in [0.29, 0.717) is 0 Å². The van der Waals surface area contributed by atoms with Gasteiger partial charge in [0.15, 0.2) is 23.4 Å². The van der Waals surface area contributed by atoms with Gasteiger partial charge in [-0.25, -0.2) is 13.2 Å². The standard InChI is InChI=1S/C20H19F3N4O2S.HI/c1-24-20(25-9-14(28)16-8-11-4-2-3-5-15(11)30-16)26-10-17(29)27-13-7-6-12(21)18(22)19(13)23;/h2-8,14,28H,9-10H2,1H3,(H,27,29)(H2,24,25,26);1H. The summed E-state index contributed by atoms with van der Waals surface area (Å²) in [6, 6.07) is 11.3. The van der Waals surface area contributed by atoms with Gasteiger partial charge < -0.3 is 21.1 Å². The van der Waals surface area contributed by atoms with Crippen molar-refractivity contribution < 1.29 is 23.1 Å². The first-order valence-corrected chi connectivity index (χ1v) is 9.75. The Labute approximate surface area is 197 Å². The summed E-state index contributed by atoms with van der Waals surface area (Å²) in [6.45, 7) is -0.164. The van der Waals surface area contributed by atoms with Crippen molar-refractivity contribution in [2.45, 2.75) is 6.10 Å². The average Bonchev–Trinajstić information content (AvgIpc) is 3.18. The largest absolute Gasteiger partial charge is 0.386 e. The number of aliphatic imine (C=N–C) groups is 1. The molecule has 0 saturated heterocycles. The van der Waals surface area contributed by atoms with E-state index in [9.17, 15) is 23.1 Å². The lowest BCUT2D eigenvalue weighted by atomic mass is 10.2. The van der Waals surface area contributed by atoms with Crippen molar-refractivity contribution >= 4 is 63.0 Å². The van der Waals surface area contributed by atoms with Gasteiger partial charge in [0.05, 0.1) is 12.2 Å². The van der Waals surface area contributed by atoms with Crippen LogP contribution in [-0.2, 0) is 4.79 Å². The molecule has 1 amide bonds. The van der Waals surface area contributed by atoms with Gasteiger partial charge in [-0.2, -0.15) is 0 Å². The molecule has 0 spiro atoms. The number of fused-ring (bicyclic) bond motifs is 1. The van der Waals surface area contributed by atoms with Gasteiger partial charge in [0.25, 0.3) is 0 Å². The molecule has 1 heterocycles. The second-order valence-electron chi connectivity index (χ2n) is 6.28. The molecule has 1 unspecified atom stereocenters. The normalized spacial score (nSPS) is 12.2. The summed E-state index contributed by atoms with van der Waals surface area (Å²) >= 11 is 1.48. The number of thiophene rings is 1. The molecule has 3 aromatic rings. The number of rotatable bonds is 6. The first-order chi connectivity index (χ1) is 14.4. The quantitative estimate of drug-likeness (QED) is 0.159. The van der Waals surface area contributed by atoms with Gasteiger partial charge in [0, 0.05) is 23.2 Å². The second-order valence-corrected chi connectivity index (χ2v) is 7.40. The predicted molar refractivity (Wildman–Crippen MR) is 127 cm³/mol.